The Morgan fingerprint density at radius 1 is 0.288 bits per heavy atom. The standard InChI is InChI=1S/C62H66O10S/c73-45-55-57(66-39-49-28-14-4-15-29-49)59(67-40-50-30-16-5-17-31-50)58(54(70-55)44-64-37-47-24-10-2-11-25-47)72-62-61(69-42-52-34-20-7-21-35-52)60(68-41-51-32-18-6-19-33-51)56(65-38-48-26-12-3-13-27-48)53(71-62)43-63-36-46-22-8-1-9-23-46/h1-35,53-62,73H,36-45H2/t53?,54?,55?,56-,57-,58-,59+,60-,61+,62?/m0/s1. The zero-order chi connectivity index (χ0) is 49.7. The summed E-state index contributed by atoms with van der Waals surface area (Å²) in [4.78, 5) is 0. The molecule has 7 aromatic rings. The molecule has 2 heterocycles. The first-order chi connectivity index (χ1) is 36.2. The van der Waals surface area contributed by atoms with Gasteiger partial charge >= 0.3 is 0 Å². The first-order valence-electron chi connectivity index (χ1n) is 25.2. The van der Waals surface area contributed by atoms with Crippen LogP contribution in [0.3, 0.4) is 0 Å². The average Bonchev–Trinajstić information content (AvgIpc) is 3.45. The summed E-state index contributed by atoms with van der Waals surface area (Å²) in [5, 5.41) is 0. The fraction of sp³-hybridized carbons (Fsp3) is 0.323. The van der Waals surface area contributed by atoms with E-state index < -0.39 is 61.2 Å². The second-order valence-electron chi connectivity index (χ2n) is 18.3. The van der Waals surface area contributed by atoms with Gasteiger partial charge in [-0.25, -0.2) is 0 Å². The van der Waals surface area contributed by atoms with Crippen LogP contribution in [-0.2, 0) is 93.6 Å². The van der Waals surface area contributed by atoms with Crippen LogP contribution in [0.15, 0.2) is 212 Å². The van der Waals surface area contributed by atoms with Crippen molar-refractivity contribution in [1.29, 1.82) is 0 Å². The minimum Gasteiger partial charge on any atom is -0.374 e. The lowest BCUT2D eigenvalue weighted by Gasteiger charge is -2.50. The minimum absolute atomic E-state index is 0.161. The third-order valence-corrected chi connectivity index (χ3v) is 13.4. The smallest absolute Gasteiger partial charge is 0.187 e. The first kappa shape index (κ1) is 52.4. The van der Waals surface area contributed by atoms with E-state index in [1.165, 1.54) is 0 Å². The van der Waals surface area contributed by atoms with Gasteiger partial charge in [-0.3, -0.25) is 0 Å². The summed E-state index contributed by atoms with van der Waals surface area (Å²) in [5.74, 6) is 0.353. The molecule has 10 atom stereocenters. The van der Waals surface area contributed by atoms with Gasteiger partial charge in [-0.1, -0.05) is 212 Å². The molecule has 2 aliphatic heterocycles. The quantitative estimate of drug-likeness (QED) is 0.0529. The van der Waals surface area contributed by atoms with E-state index in [9.17, 15) is 0 Å². The molecule has 0 aliphatic carbocycles. The molecule has 9 rings (SSSR count). The summed E-state index contributed by atoms with van der Waals surface area (Å²) in [7, 11) is 0. The second-order valence-corrected chi connectivity index (χ2v) is 18.7. The van der Waals surface area contributed by atoms with Gasteiger partial charge in [-0.15, -0.1) is 0 Å². The fourth-order valence-corrected chi connectivity index (χ4v) is 9.53. The normalized spacial score (nSPS) is 24.0. The third-order valence-electron chi connectivity index (χ3n) is 13.0. The van der Waals surface area contributed by atoms with Crippen LogP contribution in [0.4, 0.5) is 0 Å². The molecule has 2 fully saturated rings. The van der Waals surface area contributed by atoms with E-state index in [0.29, 0.717) is 32.2 Å². The van der Waals surface area contributed by atoms with Gasteiger partial charge in [0.1, 0.15) is 48.8 Å². The summed E-state index contributed by atoms with van der Waals surface area (Å²) in [6, 6.07) is 70.7. The molecule has 2 aliphatic rings. The highest BCUT2D eigenvalue weighted by molar-refractivity contribution is 7.80. The predicted octanol–water partition coefficient (Wildman–Crippen LogP) is 11.2. The maximum atomic E-state index is 7.54. The van der Waals surface area contributed by atoms with Gasteiger partial charge in [-0.05, 0) is 38.9 Å². The van der Waals surface area contributed by atoms with Crippen molar-refractivity contribution in [2.45, 2.75) is 107 Å². The molecule has 0 spiro atoms. The Bertz CT molecular complexity index is 2570. The summed E-state index contributed by atoms with van der Waals surface area (Å²) < 4.78 is 70.1. The molecule has 7 aromatic carbocycles. The van der Waals surface area contributed by atoms with Gasteiger partial charge in [-0.2, -0.15) is 12.6 Å². The maximum Gasteiger partial charge on any atom is 0.187 e. The molecule has 0 bridgehead atoms. The van der Waals surface area contributed by atoms with Crippen LogP contribution in [0, 0.1) is 0 Å². The molecule has 2 saturated heterocycles. The summed E-state index contributed by atoms with van der Waals surface area (Å²) >= 11 is 4.87. The van der Waals surface area contributed by atoms with Crippen LogP contribution in [0.2, 0.25) is 0 Å². The highest BCUT2D eigenvalue weighted by Crippen LogP contribution is 2.37. The van der Waals surface area contributed by atoms with E-state index in [2.05, 4.69) is 12.1 Å². The Labute approximate surface area is 435 Å². The topological polar surface area (TPSA) is 92.3 Å². The molecule has 10 nitrogen and oxygen atoms in total. The zero-order valence-electron chi connectivity index (χ0n) is 41.1. The number of rotatable bonds is 26. The van der Waals surface area contributed by atoms with Crippen LogP contribution in [0.5, 0.6) is 0 Å². The zero-order valence-corrected chi connectivity index (χ0v) is 42.0. The third kappa shape index (κ3) is 15.5. The van der Waals surface area contributed by atoms with Crippen molar-refractivity contribution in [3.05, 3.63) is 251 Å². The Kier molecular flexibility index (Phi) is 20.3. The van der Waals surface area contributed by atoms with Crippen molar-refractivity contribution in [3.8, 4) is 0 Å². The average molecular weight is 1000 g/mol. The summed E-state index contributed by atoms with van der Waals surface area (Å²) in [6.45, 7) is 2.45. The Hall–Kier alpha value is -5.51. The fourth-order valence-electron chi connectivity index (χ4n) is 9.24. The maximum absolute atomic E-state index is 7.54. The highest BCUT2D eigenvalue weighted by atomic mass is 32.1. The SMILES string of the molecule is SCC1OC(COCc2ccccc2)[C@H](OC2OC(COCc3ccccc3)[C@H](OCc3ccccc3)[C@H](OCc3ccccc3)[C@H]2OCc2ccccc2)[C@H](OCc2ccccc2)[C@H]1OCc1ccccc1. The van der Waals surface area contributed by atoms with Gasteiger partial charge < -0.3 is 47.4 Å². The molecule has 0 amide bonds. The molecule has 0 saturated carbocycles. The largest absolute Gasteiger partial charge is 0.374 e. The van der Waals surface area contributed by atoms with Gasteiger partial charge in [0.05, 0.1) is 65.6 Å². The van der Waals surface area contributed by atoms with Crippen molar-refractivity contribution in [2.24, 2.45) is 0 Å². The van der Waals surface area contributed by atoms with Crippen molar-refractivity contribution in [3.63, 3.8) is 0 Å². The highest BCUT2D eigenvalue weighted by Gasteiger charge is 2.54. The molecule has 73 heavy (non-hydrogen) atoms. The van der Waals surface area contributed by atoms with Crippen molar-refractivity contribution < 1.29 is 47.4 Å². The molecule has 0 N–H and O–H groups in total. The molecule has 0 radical (unpaired) electrons. The van der Waals surface area contributed by atoms with Gasteiger partial charge in [0.2, 0.25) is 0 Å². The van der Waals surface area contributed by atoms with Crippen LogP contribution in [0.25, 0.3) is 0 Å². The Morgan fingerprint density at radius 2 is 0.562 bits per heavy atom. The number of hydrogen-bond acceptors (Lipinski definition) is 11. The number of thiol groups is 1. The van der Waals surface area contributed by atoms with Gasteiger partial charge in [0.15, 0.2) is 6.29 Å². The van der Waals surface area contributed by atoms with Crippen molar-refractivity contribution in [2.75, 3.05) is 19.0 Å². The van der Waals surface area contributed by atoms with E-state index in [1.54, 1.807) is 0 Å². The van der Waals surface area contributed by atoms with E-state index >= 15 is 0 Å². The van der Waals surface area contributed by atoms with Crippen LogP contribution in [0.1, 0.15) is 38.9 Å². The van der Waals surface area contributed by atoms with E-state index in [-0.39, 0.29) is 33.0 Å². The lowest BCUT2D eigenvalue weighted by Crippen LogP contribution is -2.66. The predicted molar refractivity (Wildman–Crippen MR) is 283 cm³/mol. The minimum atomic E-state index is -1.07. The number of hydrogen-bond donors (Lipinski definition) is 1. The molecular formula is C62H66O10S. The second kappa shape index (κ2) is 28.2. The molecule has 380 valence electrons. The molecule has 11 heteroatoms. The van der Waals surface area contributed by atoms with Crippen molar-refractivity contribution in [1.82, 2.24) is 0 Å². The number of benzene rings is 7. The molecule has 4 unspecified atom stereocenters. The monoisotopic (exact) mass is 1000 g/mol. The first-order valence-corrected chi connectivity index (χ1v) is 25.9. The van der Waals surface area contributed by atoms with Gasteiger partial charge in [0.25, 0.3) is 0 Å². The van der Waals surface area contributed by atoms with E-state index in [0.717, 1.165) is 38.9 Å². The lowest BCUT2D eigenvalue weighted by atomic mass is 9.93. The van der Waals surface area contributed by atoms with Crippen LogP contribution < -0.4 is 0 Å². The lowest BCUT2D eigenvalue weighted by molar-refractivity contribution is -0.362. The van der Waals surface area contributed by atoms with Crippen LogP contribution >= 0.6 is 12.6 Å². The Morgan fingerprint density at radius 3 is 0.904 bits per heavy atom. The summed E-state index contributed by atoms with van der Waals surface area (Å²) in [5.41, 5.74) is 7.04. The Balaban J connectivity index is 1.11. The van der Waals surface area contributed by atoms with E-state index in [4.69, 9.17) is 60.0 Å². The van der Waals surface area contributed by atoms with Crippen LogP contribution in [-0.4, -0.2) is 80.2 Å². The van der Waals surface area contributed by atoms with Crippen molar-refractivity contribution >= 4 is 12.6 Å². The number of ether oxygens (including phenoxy) is 10. The molecule has 0 aromatic heterocycles. The van der Waals surface area contributed by atoms with Gasteiger partial charge in [0, 0.05) is 5.75 Å². The van der Waals surface area contributed by atoms with E-state index in [1.807, 2.05) is 200 Å². The summed E-state index contributed by atoms with van der Waals surface area (Å²) in [6.07, 6.45) is -7.32. The molecular weight excluding hydrogens is 937 g/mol.